The van der Waals surface area contributed by atoms with Crippen molar-refractivity contribution < 1.29 is 18.7 Å². The molecule has 0 fully saturated rings. The molecule has 1 unspecified atom stereocenters. The summed E-state index contributed by atoms with van der Waals surface area (Å²) in [6.07, 6.45) is 0.516. The van der Waals surface area contributed by atoms with E-state index in [1.54, 1.807) is 6.92 Å². The molecule has 0 saturated carbocycles. The number of carbonyl (C=O) groups is 1. The summed E-state index contributed by atoms with van der Waals surface area (Å²) in [5.41, 5.74) is 0.113. The quantitative estimate of drug-likeness (QED) is 0.830. The molecule has 17 heavy (non-hydrogen) atoms. The number of amides is 1. The van der Waals surface area contributed by atoms with Gasteiger partial charge in [0.2, 0.25) is 5.91 Å². The van der Waals surface area contributed by atoms with Crippen LogP contribution in [0.2, 0.25) is 0 Å². The van der Waals surface area contributed by atoms with E-state index < -0.39 is 17.7 Å². The molecule has 0 aliphatic heterocycles. The van der Waals surface area contributed by atoms with Gasteiger partial charge in [0.1, 0.15) is 11.6 Å². The minimum atomic E-state index is -0.600. The van der Waals surface area contributed by atoms with Crippen molar-refractivity contribution in [3.05, 3.63) is 35.4 Å². The van der Waals surface area contributed by atoms with Crippen molar-refractivity contribution in [1.29, 1.82) is 0 Å². The molecule has 1 rings (SSSR count). The van der Waals surface area contributed by atoms with Gasteiger partial charge in [0.25, 0.3) is 0 Å². The average molecular weight is 243 g/mol. The Morgan fingerprint density at radius 2 is 2.18 bits per heavy atom. The van der Waals surface area contributed by atoms with Crippen LogP contribution in [-0.4, -0.2) is 17.6 Å². The van der Waals surface area contributed by atoms with Crippen LogP contribution in [0.25, 0.3) is 0 Å². The maximum absolute atomic E-state index is 13.4. The topological polar surface area (TPSA) is 49.3 Å². The highest BCUT2D eigenvalue weighted by molar-refractivity contribution is 5.76. The monoisotopic (exact) mass is 243 g/mol. The summed E-state index contributed by atoms with van der Waals surface area (Å²) in [5, 5.41) is 11.1. The molecule has 0 aromatic heterocycles. The number of hydrogen-bond donors (Lipinski definition) is 2. The Balaban J connectivity index is 2.66. The minimum Gasteiger partial charge on any atom is -0.396 e. The maximum atomic E-state index is 13.4. The molecule has 1 amide bonds. The van der Waals surface area contributed by atoms with Crippen molar-refractivity contribution in [2.45, 2.75) is 25.8 Å². The van der Waals surface area contributed by atoms with Crippen LogP contribution in [0.1, 0.15) is 31.4 Å². The van der Waals surface area contributed by atoms with Gasteiger partial charge in [-0.15, -0.1) is 0 Å². The second kappa shape index (κ2) is 6.30. The van der Waals surface area contributed by atoms with Crippen molar-refractivity contribution in [2.75, 3.05) is 6.61 Å². The first-order valence-corrected chi connectivity index (χ1v) is 5.39. The van der Waals surface area contributed by atoms with Gasteiger partial charge in [0.15, 0.2) is 0 Å². The van der Waals surface area contributed by atoms with Crippen molar-refractivity contribution in [2.24, 2.45) is 0 Å². The van der Waals surface area contributed by atoms with Gasteiger partial charge in [-0.3, -0.25) is 4.79 Å². The number of carbonyl (C=O) groups excluding carboxylic acids is 1. The van der Waals surface area contributed by atoms with Crippen LogP contribution in [0.5, 0.6) is 0 Å². The van der Waals surface area contributed by atoms with Gasteiger partial charge >= 0.3 is 0 Å². The van der Waals surface area contributed by atoms with Gasteiger partial charge in [-0.2, -0.15) is 0 Å². The summed E-state index contributed by atoms with van der Waals surface area (Å²) in [6, 6.07) is 2.52. The van der Waals surface area contributed by atoms with E-state index in [0.717, 1.165) is 18.2 Å². The zero-order valence-corrected chi connectivity index (χ0v) is 9.54. The predicted octanol–water partition coefficient (Wildman–Crippen LogP) is 1.91. The van der Waals surface area contributed by atoms with Gasteiger partial charge in [-0.05, 0) is 31.5 Å². The second-order valence-corrected chi connectivity index (χ2v) is 3.78. The van der Waals surface area contributed by atoms with Crippen LogP contribution in [0.3, 0.4) is 0 Å². The van der Waals surface area contributed by atoms with Gasteiger partial charge < -0.3 is 10.4 Å². The molecule has 0 aliphatic carbocycles. The normalized spacial score (nSPS) is 12.2. The lowest BCUT2D eigenvalue weighted by atomic mass is 10.1. The molecule has 3 nitrogen and oxygen atoms in total. The van der Waals surface area contributed by atoms with E-state index in [4.69, 9.17) is 5.11 Å². The number of benzene rings is 1. The number of hydrogen-bond acceptors (Lipinski definition) is 2. The lowest BCUT2D eigenvalue weighted by Crippen LogP contribution is -2.27. The van der Waals surface area contributed by atoms with Gasteiger partial charge in [-0.25, -0.2) is 8.78 Å². The maximum Gasteiger partial charge on any atom is 0.220 e. The van der Waals surface area contributed by atoms with Crippen LogP contribution in [0.15, 0.2) is 18.2 Å². The van der Waals surface area contributed by atoms with E-state index in [1.165, 1.54) is 0 Å². The molecule has 0 radical (unpaired) electrons. The second-order valence-electron chi connectivity index (χ2n) is 3.78. The lowest BCUT2D eigenvalue weighted by Gasteiger charge is -2.15. The standard InChI is InChI=1S/C12H15F2NO2/c1-8(15-12(17)3-2-6-16)10-7-9(13)4-5-11(10)14/h4-5,7-8,16H,2-3,6H2,1H3,(H,15,17). The number of aliphatic hydroxyl groups excluding tert-OH is 1. The third-order valence-corrected chi connectivity index (χ3v) is 2.36. The molecule has 0 spiro atoms. The Hall–Kier alpha value is -1.49. The molecule has 0 aliphatic rings. The number of nitrogens with one attached hydrogen (secondary N) is 1. The van der Waals surface area contributed by atoms with Crippen LogP contribution in [-0.2, 0) is 4.79 Å². The highest BCUT2D eigenvalue weighted by Gasteiger charge is 2.14. The van der Waals surface area contributed by atoms with E-state index in [-0.39, 0.29) is 24.5 Å². The van der Waals surface area contributed by atoms with E-state index in [9.17, 15) is 13.6 Å². The molecule has 1 atom stereocenters. The molecule has 0 saturated heterocycles. The Labute approximate surface area is 98.5 Å². The third kappa shape index (κ3) is 4.11. The highest BCUT2D eigenvalue weighted by atomic mass is 19.1. The molecule has 1 aromatic carbocycles. The van der Waals surface area contributed by atoms with Crippen LogP contribution in [0, 0.1) is 11.6 Å². The molecule has 1 aromatic rings. The fraction of sp³-hybridized carbons (Fsp3) is 0.417. The van der Waals surface area contributed by atoms with E-state index in [2.05, 4.69) is 5.32 Å². The van der Waals surface area contributed by atoms with Crippen molar-refractivity contribution in [3.8, 4) is 0 Å². The van der Waals surface area contributed by atoms with Gasteiger partial charge in [0.05, 0.1) is 6.04 Å². The number of rotatable bonds is 5. The van der Waals surface area contributed by atoms with E-state index >= 15 is 0 Å². The molecular weight excluding hydrogens is 228 g/mol. The van der Waals surface area contributed by atoms with Crippen LogP contribution in [0.4, 0.5) is 8.78 Å². The van der Waals surface area contributed by atoms with Crippen molar-refractivity contribution in [1.82, 2.24) is 5.32 Å². The Kier molecular flexibility index (Phi) is 5.03. The first-order chi connectivity index (χ1) is 8.04. The molecule has 2 N–H and O–H groups in total. The largest absolute Gasteiger partial charge is 0.396 e. The van der Waals surface area contributed by atoms with Gasteiger partial charge in [-0.1, -0.05) is 0 Å². The third-order valence-electron chi connectivity index (χ3n) is 2.36. The fourth-order valence-electron chi connectivity index (χ4n) is 1.48. The Morgan fingerprint density at radius 3 is 2.82 bits per heavy atom. The summed E-state index contributed by atoms with van der Waals surface area (Å²) >= 11 is 0. The Morgan fingerprint density at radius 1 is 1.47 bits per heavy atom. The zero-order chi connectivity index (χ0) is 12.8. The van der Waals surface area contributed by atoms with Gasteiger partial charge in [0, 0.05) is 18.6 Å². The first-order valence-electron chi connectivity index (χ1n) is 5.39. The lowest BCUT2D eigenvalue weighted by molar-refractivity contribution is -0.122. The molecule has 94 valence electrons. The molecule has 0 bridgehead atoms. The Bertz CT molecular complexity index is 396. The summed E-state index contributed by atoms with van der Waals surface area (Å²) in [4.78, 5) is 11.3. The fourth-order valence-corrected chi connectivity index (χ4v) is 1.48. The number of halogens is 2. The van der Waals surface area contributed by atoms with Crippen LogP contribution < -0.4 is 5.32 Å². The average Bonchev–Trinajstić information content (AvgIpc) is 2.29. The SMILES string of the molecule is CC(NC(=O)CCCO)c1cc(F)ccc1F. The molecule has 0 heterocycles. The minimum absolute atomic E-state index is 0.0733. The van der Waals surface area contributed by atoms with E-state index in [0.29, 0.717) is 6.42 Å². The summed E-state index contributed by atoms with van der Waals surface area (Å²) in [7, 11) is 0. The summed E-state index contributed by atoms with van der Waals surface area (Å²) in [5.74, 6) is -1.39. The van der Waals surface area contributed by atoms with E-state index in [1.807, 2.05) is 0 Å². The summed E-state index contributed by atoms with van der Waals surface area (Å²) in [6.45, 7) is 1.50. The first kappa shape index (κ1) is 13.6. The molecular formula is C12H15F2NO2. The van der Waals surface area contributed by atoms with Crippen molar-refractivity contribution >= 4 is 5.91 Å². The highest BCUT2D eigenvalue weighted by Crippen LogP contribution is 2.18. The molecule has 5 heteroatoms. The summed E-state index contributed by atoms with van der Waals surface area (Å²) < 4.78 is 26.3. The number of aliphatic hydroxyl groups is 1. The smallest absolute Gasteiger partial charge is 0.220 e. The van der Waals surface area contributed by atoms with Crippen LogP contribution >= 0.6 is 0 Å². The predicted molar refractivity (Wildman–Crippen MR) is 59.2 cm³/mol. The van der Waals surface area contributed by atoms with Crippen molar-refractivity contribution in [3.63, 3.8) is 0 Å². The zero-order valence-electron chi connectivity index (χ0n) is 9.54.